The van der Waals surface area contributed by atoms with Crippen LogP contribution in [0.1, 0.15) is 16.1 Å². The molecule has 1 aromatic heterocycles. The summed E-state index contributed by atoms with van der Waals surface area (Å²) in [5.74, 6) is 0. The van der Waals surface area contributed by atoms with E-state index in [4.69, 9.17) is 11.6 Å². The molecule has 90 valence electrons. The average Bonchev–Trinajstić information content (AvgIpc) is 2.62. The number of rotatable bonds is 3. The molecule has 0 aliphatic heterocycles. The molecule has 2 aromatic rings. The maximum Gasteiger partial charge on any atom is 0.207 e. The van der Waals surface area contributed by atoms with E-state index >= 15 is 0 Å². The Bertz CT molecular complexity index is 504. The highest BCUT2D eigenvalue weighted by Gasteiger charge is 2.07. The van der Waals surface area contributed by atoms with Gasteiger partial charge in [-0.3, -0.25) is 0 Å². The van der Waals surface area contributed by atoms with Crippen molar-refractivity contribution in [1.82, 2.24) is 10.2 Å². The van der Waals surface area contributed by atoms with Crippen LogP contribution in [0.2, 0.25) is 4.47 Å². The predicted octanol–water partition coefficient (Wildman–Crippen LogP) is 3.44. The Morgan fingerprint density at radius 3 is 2.35 bits per heavy atom. The first-order chi connectivity index (χ1) is 8.04. The quantitative estimate of drug-likeness (QED) is 0.853. The highest BCUT2D eigenvalue weighted by atomic mass is 35.5. The second-order valence-electron chi connectivity index (χ2n) is 4.15. The van der Waals surface area contributed by atoms with Crippen LogP contribution in [-0.4, -0.2) is 17.2 Å². The molecule has 0 N–H and O–H groups in total. The molecule has 5 heteroatoms. The van der Waals surface area contributed by atoms with E-state index in [0.717, 1.165) is 11.6 Å². The molecule has 0 saturated carbocycles. The van der Waals surface area contributed by atoms with Gasteiger partial charge in [-0.1, -0.05) is 17.4 Å². The Balaban J connectivity index is 2.16. The molecular weight excluding hydrogens is 254 g/mol. The normalized spacial score (nSPS) is 10.6. The van der Waals surface area contributed by atoms with Crippen LogP contribution in [0.15, 0.2) is 18.2 Å². The van der Waals surface area contributed by atoms with E-state index in [1.165, 1.54) is 28.2 Å². The molecule has 0 amide bonds. The van der Waals surface area contributed by atoms with E-state index in [0.29, 0.717) is 4.47 Å². The van der Waals surface area contributed by atoms with Crippen molar-refractivity contribution in [2.24, 2.45) is 0 Å². The van der Waals surface area contributed by atoms with Crippen molar-refractivity contribution in [3.8, 4) is 0 Å². The lowest BCUT2D eigenvalue weighted by molar-refractivity contribution is 0.879. The van der Waals surface area contributed by atoms with Gasteiger partial charge in [0.1, 0.15) is 5.01 Å². The first kappa shape index (κ1) is 12.3. The number of aromatic nitrogens is 2. The minimum Gasteiger partial charge on any atom is -0.368 e. The lowest BCUT2D eigenvalue weighted by atomic mass is 10.1. The van der Waals surface area contributed by atoms with Gasteiger partial charge in [-0.15, -0.1) is 10.2 Å². The zero-order valence-corrected chi connectivity index (χ0v) is 11.6. The van der Waals surface area contributed by atoms with Crippen LogP contribution < -0.4 is 4.90 Å². The second kappa shape index (κ2) is 5.02. The minimum absolute atomic E-state index is 0.494. The topological polar surface area (TPSA) is 29.0 Å². The highest BCUT2D eigenvalue weighted by molar-refractivity contribution is 7.15. The van der Waals surface area contributed by atoms with E-state index in [-0.39, 0.29) is 0 Å². The molecule has 0 atom stereocenters. The van der Waals surface area contributed by atoms with Gasteiger partial charge in [0.2, 0.25) is 4.47 Å². The van der Waals surface area contributed by atoms with Gasteiger partial charge in [0.25, 0.3) is 0 Å². The first-order valence-electron chi connectivity index (χ1n) is 5.32. The zero-order chi connectivity index (χ0) is 12.4. The summed E-state index contributed by atoms with van der Waals surface area (Å²) in [5.41, 5.74) is 3.72. The maximum absolute atomic E-state index is 5.77. The SMILES string of the molecule is Cc1cc(C)cc(N(C)Cc2nnc(Cl)s2)c1. The first-order valence-corrected chi connectivity index (χ1v) is 6.51. The third-order valence-electron chi connectivity index (χ3n) is 2.46. The fraction of sp³-hybridized carbons (Fsp3) is 0.333. The monoisotopic (exact) mass is 267 g/mol. The van der Waals surface area contributed by atoms with Crippen LogP contribution in [-0.2, 0) is 6.54 Å². The Hall–Kier alpha value is -1.13. The smallest absolute Gasteiger partial charge is 0.207 e. The van der Waals surface area contributed by atoms with Crippen molar-refractivity contribution in [1.29, 1.82) is 0 Å². The van der Waals surface area contributed by atoms with Gasteiger partial charge >= 0.3 is 0 Å². The predicted molar refractivity (Wildman–Crippen MR) is 72.9 cm³/mol. The Morgan fingerprint density at radius 2 is 1.82 bits per heavy atom. The maximum atomic E-state index is 5.77. The summed E-state index contributed by atoms with van der Waals surface area (Å²) in [6.45, 7) is 4.94. The summed E-state index contributed by atoms with van der Waals surface area (Å²) in [4.78, 5) is 2.15. The van der Waals surface area contributed by atoms with Crippen LogP contribution >= 0.6 is 22.9 Å². The molecule has 2 rings (SSSR count). The van der Waals surface area contributed by atoms with Crippen molar-refractivity contribution in [2.75, 3.05) is 11.9 Å². The molecule has 0 saturated heterocycles. The fourth-order valence-corrected chi connectivity index (χ4v) is 2.68. The molecule has 0 radical (unpaired) electrons. The minimum atomic E-state index is 0.494. The van der Waals surface area contributed by atoms with Crippen LogP contribution in [0.25, 0.3) is 0 Å². The lowest BCUT2D eigenvalue weighted by Crippen LogP contribution is -2.16. The summed E-state index contributed by atoms with van der Waals surface area (Å²) in [7, 11) is 2.05. The van der Waals surface area contributed by atoms with Gasteiger partial charge in [-0.2, -0.15) is 0 Å². The average molecular weight is 268 g/mol. The molecule has 0 spiro atoms. The third-order valence-corrected chi connectivity index (χ3v) is 3.47. The van der Waals surface area contributed by atoms with Gasteiger partial charge < -0.3 is 4.90 Å². The molecule has 17 heavy (non-hydrogen) atoms. The Labute approximate surface area is 110 Å². The molecule has 0 aliphatic rings. The van der Waals surface area contributed by atoms with Crippen LogP contribution in [0, 0.1) is 13.8 Å². The summed E-state index contributed by atoms with van der Waals surface area (Å²) in [6, 6.07) is 6.49. The second-order valence-corrected chi connectivity index (χ2v) is 5.79. The van der Waals surface area contributed by atoms with Crippen LogP contribution in [0.4, 0.5) is 5.69 Å². The van der Waals surface area contributed by atoms with Crippen molar-refractivity contribution >= 4 is 28.6 Å². The van der Waals surface area contributed by atoms with Gasteiger partial charge in [-0.25, -0.2) is 0 Å². The number of anilines is 1. The van der Waals surface area contributed by atoms with E-state index < -0.39 is 0 Å². The lowest BCUT2D eigenvalue weighted by Gasteiger charge is -2.18. The van der Waals surface area contributed by atoms with E-state index in [1.807, 2.05) is 7.05 Å². The fourth-order valence-electron chi connectivity index (χ4n) is 1.76. The standard InChI is InChI=1S/C12H14ClN3S/c1-8-4-9(2)6-10(5-8)16(3)7-11-14-15-12(13)17-11/h4-6H,7H2,1-3H3. The third kappa shape index (κ3) is 3.17. The largest absolute Gasteiger partial charge is 0.368 e. The van der Waals surface area contributed by atoms with Crippen molar-refractivity contribution < 1.29 is 0 Å². The van der Waals surface area contributed by atoms with Crippen LogP contribution in [0.5, 0.6) is 0 Å². The van der Waals surface area contributed by atoms with Crippen molar-refractivity contribution in [3.63, 3.8) is 0 Å². The van der Waals surface area contributed by atoms with E-state index in [2.05, 4.69) is 47.1 Å². The van der Waals surface area contributed by atoms with Gasteiger partial charge in [-0.05, 0) is 48.7 Å². The van der Waals surface area contributed by atoms with Gasteiger partial charge in [0.15, 0.2) is 0 Å². The highest BCUT2D eigenvalue weighted by Crippen LogP contribution is 2.21. The molecular formula is C12H14ClN3S. The number of hydrogen-bond donors (Lipinski definition) is 0. The van der Waals surface area contributed by atoms with Gasteiger partial charge in [0, 0.05) is 12.7 Å². The number of hydrogen-bond acceptors (Lipinski definition) is 4. The molecule has 0 unspecified atom stereocenters. The zero-order valence-electron chi connectivity index (χ0n) is 10.1. The number of benzene rings is 1. The molecule has 0 fully saturated rings. The van der Waals surface area contributed by atoms with Crippen molar-refractivity contribution in [2.45, 2.75) is 20.4 Å². The van der Waals surface area contributed by atoms with Crippen molar-refractivity contribution in [3.05, 3.63) is 38.8 Å². The molecule has 0 bridgehead atoms. The molecule has 0 aliphatic carbocycles. The summed E-state index contributed by atoms with van der Waals surface area (Å²) < 4.78 is 0.494. The van der Waals surface area contributed by atoms with E-state index in [9.17, 15) is 0 Å². The van der Waals surface area contributed by atoms with Gasteiger partial charge in [0.05, 0.1) is 6.54 Å². The Morgan fingerprint density at radius 1 is 1.18 bits per heavy atom. The number of nitrogens with zero attached hydrogens (tertiary/aromatic N) is 3. The number of aryl methyl sites for hydroxylation is 2. The molecule has 1 aromatic carbocycles. The van der Waals surface area contributed by atoms with Crippen LogP contribution in [0.3, 0.4) is 0 Å². The molecule has 1 heterocycles. The van der Waals surface area contributed by atoms with E-state index in [1.54, 1.807) is 0 Å². The summed E-state index contributed by atoms with van der Waals surface area (Å²) >= 11 is 7.19. The summed E-state index contributed by atoms with van der Waals surface area (Å²) in [6.07, 6.45) is 0. The Kier molecular flexibility index (Phi) is 3.64. The number of halogens is 1. The summed E-state index contributed by atoms with van der Waals surface area (Å²) in [5, 5.41) is 8.75. The molecule has 3 nitrogen and oxygen atoms in total.